The number of carbonyl (C=O) groups excluding carboxylic acids is 3. The number of hydrogen-bond donors (Lipinski definition) is 1. The first-order valence-corrected chi connectivity index (χ1v) is 14.3. The van der Waals surface area contributed by atoms with Crippen LogP contribution in [0.1, 0.15) is 69.2 Å². The Morgan fingerprint density at radius 3 is 1.74 bits per heavy atom. The highest BCUT2D eigenvalue weighted by atomic mass is 16.9. The predicted molar refractivity (Wildman–Crippen MR) is 152 cm³/mol. The summed E-state index contributed by atoms with van der Waals surface area (Å²) in [5, 5.41) is 12.1. The number of esters is 1. The van der Waals surface area contributed by atoms with E-state index in [4.69, 9.17) is 28.4 Å². The average molecular weight is 598 g/mol. The van der Waals surface area contributed by atoms with Crippen LogP contribution in [0.2, 0.25) is 0 Å². The number of aliphatic hydroxyl groups is 1. The molecule has 3 aliphatic heterocycles. The van der Waals surface area contributed by atoms with Crippen molar-refractivity contribution in [3.63, 3.8) is 0 Å². The third-order valence-corrected chi connectivity index (χ3v) is 7.26. The van der Waals surface area contributed by atoms with Gasteiger partial charge in [0.2, 0.25) is 0 Å². The molecule has 5 rings (SSSR count). The van der Waals surface area contributed by atoms with Gasteiger partial charge in [0.1, 0.15) is 36.1 Å². The van der Waals surface area contributed by atoms with Gasteiger partial charge in [-0.15, -0.1) is 0 Å². The number of ether oxygens (including phenoxy) is 6. The van der Waals surface area contributed by atoms with Gasteiger partial charge < -0.3 is 33.5 Å². The maximum Gasteiger partial charge on any atom is 0.332 e. The van der Waals surface area contributed by atoms with Crippen LogP contribution in [0, 0.1) is 0 Å². The second-order valence-electron chi connectivity index (χ2n) is 12.8. The molecular formula is C32H39NO10. The molecular weight excluding hydrogens is 558 g/mol. The molecule has 11 heteroatoms. The van der Waals surface area contributed by atoms with Crippen LogP contribution in [-0.2, 0) is 33.2 Å². The van der Waals surface area contributed by atoms with E-state index < -0.39 is 77.8 Å². The summed E-state index contributed by atoms with van der Waals surface area (Å²) in [6.45, 7) is 11.8. The van der Waals surface area contributed by atoms with Crippen LogP contribution in [0.15, 0.2) is 60.7 Å². The molecule has 0 radical (unpaired) electrons. The zero-order valence-electron chi connectivity index (χ0n) is 25.4. The molecule has 2 aromatic carbocycles. The number of rotatable bonds is 6. The van der Waals surface area contributed by atoms with Gasteiger partial charge in [0.25, 0.3) is 11.8 Å². The molecule has 1 N–H and O–H groups in total. The number of amides is 2. The average Bonchev–Trinajstić information content (AvgIpc) is 3.43. The molecule has 0 aromatic heterocycles. The van der Waals surface area contributed by atoms with Crippen LogP contribution in [0.4, 0.5) is 0 Å². The van der Waals surface area contributed by atoms with Crippen LogP contribution >= 0.6 is 0 Å². The predicted octanol–water partition coefficient (Wildman–Crippen LogP) is 3.44. The Bertz CT molecular complexity index is 1290. The van der Waals surface area contributed by atoms with E-state index in [1.165, 1.54) is 24.3 Å². The SMILES string of the molecule is CC(C)(C)OC(=O)C(C(O)[C@H]1O[C@@H]2OC(C)(C)O[C@@H]2[C@H]2OC(C)(C)O[C@H]21)N(C(=O)c1ccccc1)C(=O)c1ccccc1. The van der Waals surface area contributed by atoms with Crippen molar-refractivity contribution in [2.45, 2.75) is 108 Å². The molecule has 2 aromatic rings. The smallest absolute Gasteiger partial charge is 0.332 e. The Hall–Kier alpha value is -3.19. The molecule has 3 fully saturated rings. The van der Waals surface area contributed by atoms with E-state index in [-0.39, 0.29) is 11.1 Å². The minimum Gasteiger partial charge on any atom is -0.458 e. The maximum atomic E-state index is 14.1. The zero-order valence-corrected chi connectivity index (χ0v) is 25.4. The molecule has 43 heavy (non-hydrogen) atoms. The zero-order chi connectivity index (χ0) is 31.3. The Balaban J connectivity index is 1.61. The summed E-state index contributed by atoms with van der Waals surface area (Å²) in [5.74, 6) is -4.74. The fourth-order valence-corrected chi connectivity index (χ4v) is 5.64. The van der Waals surface area contributed by atoms with Gasteiger partial charge in [0.05, 0.1) is 0 Å². The van der Waals surface area contributed by atoms with Gasteiger partial charge in [-0.3, -0.25) is 14.5 Å². The summed E-state index contributed by atoms with van der Waals surface area (Å²) < 4.78 is 36.3. The van der Waals surface area contributed by atoms with Gasteiger partial charge in [-0.1, -0.05) is 36.4 Å². The van der Waals surface area contributed by atoms with Gasteiger partial charge in [0.15, 0.2) is 23.9 Å². The lowest BCUT2D eigenvalue weighted by Gasteiger charge is -2.42. The quantitative estimate of drug-likeness (QED) is 0.390. The summed E-state index contributed by atoms with van der Waals surface area (Å²) in [7, 11) is 0. The van der Waals surface area contributed by atoms with E-state index in [9.17, 15) is 19.5 Å². The number of nitrogens with zero attached hydrogens (tertiary/aromatic N) is 1. The minimum atomic E-state index is -1.84. The summed E-state index contributed by atoms with van der Waals surface area (Å²) in [6, 6.07) is 14.2. The van der Waals surface area contributed by atoms with Gasteiger partial charge >= 0.3 is 5.97 Å². The second-order valence-corrected chi connectivity index (χ2v) is 12.8. The molecule has 7 atom stereocenters. The molecule has 0 spiro atoms. The van der Waals surface area contributed by atoms with Crippen LogP contribution in [0.25, 0.3) is 0 Å². The largest absolute Gasteiger partial charge is 0.458 e. The molecule has 11 nitrogen and oxygen atoms in total. The lowest BCUT2D eigenvalue weighted by atomic mass is 9.90. The van der Waals surface area contributed by atoms with Gasteiger partial charge in [-0.25, -0.2) is 4.79 Å². The van der Waals surface area contributed by atoms with Crippen molar-refractivity contribution in [3.05, 3.63) is 71.8 Å². The molecule has 0 bridgehead atoms. The van der Waals surface area contributed by atoms with E-state index in [1.54, 1.807) is 84.9 Å². The minimum absolute atomic E-state index is 0.130. The lowest BCUT2D eigenvalue weighted by molar-refractivity contribution is -0.257. The number of imide groups is 1. The van der Waals surface area contributed by atoms with Crippen molar-refractivity contribution in [2.75, 3.05) is 0 Å². The Morgan fingerprint density at radius 1 is 0.767 bits per heavy atom. The van der Waals surface area contributed by atoms with Crippen molar-refractivity contribution >= 4 is 17.8 Å². The van der Waals surface area contributed by atoms with Crippen LogP contribution in [0.3, 0.4) is 0 Å². The van der Waals surface area contributed by atoms with E-state index in [2.05, 4.69) is 0 Å². The van der Waals surface area contributed by atoms with Crippen molar-refractivity contribution in [1.82, 2.24) is 4.90 Å². The van der Waals surface area contributed by atoms with Crippen molar-refractivity contribution in [1.29, 1.82) is 0 Å². The second kappa shape index (κ2) is 11.4. The molecule has 2 amide bonds. The van der Waals surface area contributed by atoms with E-state index in [0.29, 0.717) is 0 Å². The normalized spacial score (nSPS) is 28.7. The Morgan fingerprint density at radius 2 is 1.23 bits per heavy atom. The standard InChI is InChI=1S/C32H39NO10/c1-30(2,3)42-28(37)20(33(26(35)18-14-10-8-11-15-18)27(36)19-16-12-9-13-17-19)21(34)22-23-24(40-31(4,5)39-23)25-29(38-22)43-32(6,7)41-25/h8-17,20-25,29,34H,1-7H3/t20?,21?,22-,23+,24+,25-,29-/m1/s1. The monoisotopic (exact) mass is 597 g/mol. The maximum absolute atomic E-state index is 14.1. The molecule has 2 unspecified atom stereocenters. The summed E-state index contributed by atoms with van der Waals surface area (Å²) in [6.07, 6.45) is -6.51. The Kier molecular flexibility index (Phi) is 8.27. The molecule has 0 aliphatic carbocycles. The third kappa shape index (κ3) is 6.52. The molecule has 232 valence electrons. The summed E-state index contributed by atoms with van der Waals surface area (Å²) >= 11 is 0. The van der Waals surface area contributed by atoms with E-state index in [1.807, 2.05) is 0 Å². The first-order valence-electron chi connectivity index (χ1n) is 14.3. The van der Waals surface area contributed by atoms with Crippen molar-refractivity contribution < 1.29 is 47.9 Å². The summed E-state index contributed by atoms with van der Waals surface area (Å²) in [5.41, 5.74) is -0.758. The van der Waals surface area contributed by atoms with E-state index >= 15 is 0 Å². The van der Waals surface area contributed by atoms with Gasteiger partial charge in [-0.2, -0.15) is 0 Å². The third-order valence-electron chi connectivity index (χ3n) is 7.26. The Labute approximate surface area is 250 Å². The molecule has 0 saturated carbocycles. The highest BCUT2D eigenvalue weighted by molar-refractivity contribution is 6.12. The van der Waals surface area contributed by atoms with Crippen LogP contribution in [-0.4, -0.2) is 87.8 Å². The van der Waals surface area contributed by atoms with Crippen LogP contribution < -0.4 is 0 Å². The van der Waals surface area contributed by atoms with Gasteiger partial charge in [-0.05, 0) is 72.7 Å². The lowest BCUT2D eigenvalue weighted by Crippen LogP contribution is -2.65. The number of carbonyl (C=O) groups is 3. The molecule has 3 aliphatic rings. The van der Waals surface area contributed by atoms with E-state index in [0.717, 1.165) is 4.90 Å². The fourth-order valence-electron chi connectivity index (χ4n) is 5.64. The number of hydrogen-bond acceptors (Lipinski definition) is 10. The first-order chi connectivity index (χ1) is 20.1. The highest BCUT2D eigenvalue weighted by Gasteiger charge is 2.63. The fraction of sp³-hybridized carbons (Fsp3) is 0.531. The first kappa shape index (κ1) is 31.2. The van der Waals surface area contributed by atoms with Crippen molar-refractivity contribution in [2.24, 2.45) is 0 Å². The van der Waals surface area contributed by atoms with Gasteiger partial charge in [0, 0.05) is 11.1 Å². The van der Waals surface area contributed by atoms with Crippen molar-refractivity contribution in [3.8, 4) is 0 Å². The molecule has 3 heterocycles. The number of fused-ring (bicyclic) bond motifs is 3. The topological polar surface area (TPSA) is 130 Å². The molecule has 3 saturated heterocycles. The highest BCUT2D eigenvalue weighted by Crippen LogP contribution is 2.45. The number of aliphatic hydroxyl groups excluding tert-OH is 1. The van der Waals surface area contributed by atoms with Crippen LogP contribution in [0.5, 0.6) is 0 Å². The summed E-state index contributed by atoms with van der Waals surface area (Å²) in [4.78, 5) is 42.9. The number of benzene rings is 2.